The van der Waals surface area contributed by atoms with Gasteiger partial charge in [-0.05, 0) is 31.0 Å². The van der Waals surface area contributed by atoms with Crippen molar-refractivity contribution >= 4 is 17.4 Å². The summed E-state index contributed by atoms with van der Waals surface area (Å²) in [5.74, 6) is -1.48. The highest BCUT2D eigenvalue weighted by Gasteiger charge is 2.38. The van der Waals surface area contributed by atoms with Gasteiger partial charge in [-0.2, -0.15) is 0 Å². The lowest BCUT2D eigenvalue weighted by molar-refractivity contribution is -0.114. The molecule has 0 N–H and O–H groups in total. The molecule has 1 aliphatic rings. The first-order chi connectivity index (χ1) is 10.0. The Morgan fingerprint density at radius 1 is 1.00 bits per heavy atom. The van der Waals surface area contributed by atoms with Gasteiger partial charge in [-0.3, -0.25) is 14.5 Å². The van der Waals surface area contributed by atoms with Crippen molar-refractivity contribution in [2.24, 2.45) is 0 Å². The predicted octanol–water partition coefficient (Wildman–Crippen LogP) is 3.17. The van der Waals surface area contributed by atoms with Gasteiger partial charge in [-0.15, -0.1) is 0 Å². The fraction of sp³-hybridized carbons (Fsp3) is 0.176. The van der Waals surface area contributed by atoms with E-state index in [4.69, 9.17) is 0 Å². The molecule has 0 bridgehead atoms. The number of ketones is 1. The molecule has 1 aliphatic heterocycles. The molecule has 2 aromatic carbocycles. The zero-order valence-corrected chi connectivity index (χ0v) is 11.8. The average Bonchev–Trinajstić information content (AvgIpc) is 2.71. The molecule has 0 aliphatic carbocycles. The number of benzene rings is 2. The van der Waals surface area contributed by atoms with Crippen molar-refractivity contribution in [3.63, 3.8) is 0 Å². The van der Waals surface area contributed by atoms with Gasteiger partial charge in [0.05, 0.1) is 17.8 Å². The van der Waals surface area contributed by atoms with E-state index in [9.17, 15) is 14.0 Å². The molecular weight excluding hydrogens is 269 g/mol. The van der Waals surface area contributed by atoms with Gasteiger partial charge in [-0.1, -0.05) is 30.3 Å². The average molecular weight is 283 g/mol. The monoisotopic (exact) mass is 283 g/mol. The van der Waals surface area contributed by atoms with Crippen LogP contribution in [0.4, 0.5) is 10.1 Å². The van der Waals surface area contributed by atoms with Gasteiger partial charge >= 0.3 is 0 Å². The molecule has 0 saturated carbocycles. The quantitative estimate of drug-likeness (QED) is 0.794. The lowest BCUT2D eigenvalue weighted by atomic mass is 10.0. The van der Waals surface area contributed by atoms with Crippen molar-refractivity contribution in [1.82, 2.24) is 0 Å². The molecule has 3 nitrogen and oxygen atoms in total. The minimum Gasteiger partial charge on any atom is -0.300 e. The SMILES string of the molecule is Cc1ccc(C)c2c1C(=O)C(=O)N2Cc1ccccc1F. The maximum absolute atomic E-state index is 13.8. The first-order valence-electron chi connectivity index (χ1n) is 6.70. The molecule has 0 radical (unpaired) electrons. The summed E-state index contributed by atoms with van der Waals surface area (Å²) in [6.45, 7) is 3.71. The smallest absolute Gasteiger partial charge is 0.299 e. The molecule has 0 fully saturated rings. The molecule has 2 aromatic rings. The second-order valence-electron chi connectivity index (χ2n) is 5.23. The maximum Gasteiger partial charge on any atom is 0.299 e. The summed E-state index contributed by atoms with van der Waals surface area (Å²) < 4.78 is 13.8. The van der Waals surface area contributed by atoms with Crippen LogP contribution < -0.4 is 4.90 Å². The molecule has 0 atom stereocenters. The zero-order valence-electron chi connectivity index (χ0n) is 11.8. The van der Waals surface area contributed by atoms with E-state index in [0.717, 1.165) is 11.1 Å². The summed E-state index contributed by atoms with van der Waals surface area (Å²) in [6, 6.07) is 9.97. The van der Waals surface area contributed by atoms with Crippen LogP contribution in [-0.4, -0.2) is 11.7 Å². The van der Waals surface area contributed by atoms with Crippen LogP contribution in [0.15, 0.2) is 36.4 Å². The Bertz CT molecular complexity index is 767. The minimum absolute atomic E-state index is 0.0640. The van der Waals surface area contributed by atoms with Crippen LogP contribution in [-0.2, 0) is 11.3 Å². The molecule has 0 saturated heterocycles. The first-order valence-corrected chi connectivity index (χ1v) is 6.70. The van der Waals surface area contributed by atoms with E-state index in [1.54, 1.807) is 25.1 Å². The predicted molar refractivity (Wildman–Crippen MR) is 77.8 cm³/mol. The highest BCUT2D eigenvalue weighted by molar-refractivity contribution is 6.52. The molecule has 106 valence electrons. The standard InChI is InChI=1S/C17H14FNO2/c1-10-7-8-11(2)15-14(10)16(20)17(21)19(15)9-12-5-3-4-6-13(12)18/h3-8H,9H2,1-2H3. The summed E-state index contributed by atoms with van der Waals surface area (Å²) in [5.41, 5.74) is 3.05. The number of hydrogen-bond donors (Lipinski definition) is 0. The van der Waals surface area contributed by atoms with Crippen LogP contribution in [0.2, 0.25) is 0 Å². The summed E-state index contributed by atoms with van der Waals surface area (Å²) in [6.07, 6.45) is 0. The van der Waals surface area contributed by atoms with Crippen molar-refractivity contribution in [3.05, 3.63) is 64.5 Å². The molecule has 0 aromatic heterocycles. The van der Waals surface area contributed by atoms with Gasteiger partial charge in [-0.25, -0.2) is 4.39 Å². The largest absolute Gasteiger partial charge is 0.300 e. The van der Waals surface area contributed by atoms with Crippen LogP contribution in [0.25, 0.3) is 0 Å². The number of fused-ring (bicyclic) bond motifs is 1. The van der Waals surface area contributed by atoms with Crippen LogP contribution in [0.1, 0.15) is 27.0 Å². The van der Waals surface area contributed by atoms with Crippen molar-refractivity contribution in [2.75, 3.05) is 4.90 Å². The number of Topliss-reactive ketones (excluding diaryl/α,β-unsaturated/α-hetero) is 1. The number of amides is 1. The van der Waals surface area contributed by atoms with Crippen molar-refractivity contribution in [3.8, 4) is 0 Å². The van der Waals surface area contributed by atoms with Crippen LogP contribution in [0.5, 0.6) is 0 Å². The Morgan fingerprint density at radius 2 is 1.67 bits per heavy atom. The van der Waals surface area contributed by atoms with Crippen molar-refractivity contribution in [1.29, 1.82) is 0 Å². The zero-order chi connectivity index (χ0) is 15.1. The Labute approximate surface area is 122 Å². The number of hydrogen-bond acceptors (Lipinski definition) is 2. The number of aryl methyl sites for hydroxylation is 2. The normalized spacial score (nSPS) is 13.8. The molecule has 4 heteroatoms. The highest BCUT2D eigenvalue weighted by Crippen LogP contribution is 2.35. The van der Waals surface area contributed by atoms with E-state index in [-0.39, 0.29) is 12.4 Å². The number of rotatable bonds is 2. The molecular formula is C17H14FNO2. The third-order valence-corrected chi connectivity index (χ3v) is 3.81. The van der Waals surface area contributed by atoms with Crippen LogP contribution in [0, 0.1) is 19.7 Å². The Hall–Kier alpha value is -2.49. The van der Waals surface area contributed by atoms with E-state index >= 15 is 0 Å². The van der Waals surface area contributed by atoms with Crippen molar-refractivity contribution < 1.29 is 14.0 Å². The van der Waals surface area contributed by atoms with Crippen molar-refractivity contribution in [2.45, 2.75) is 20.4 Å². The van der Waals surface area contributed by atoms with Crippen LogP contribution >= 0.6 is 0 Å². The molecule has 3 rings (SSSR count). The summed E-state index contributed by atoms with van der Waals surface area (Å²) in [5, 5.41) is 0. The van der Waals surface area contributed by atoms with Gasteiger partial charge in [0.25, 0.3) is 11.7 Å². The number of carbonyl (C=O) groups excluding carboxylic acids is 2. The number of halogens is 1. The summed E-state index contributed by atoms with van der Waals surface area (Å²) in [4.78, 5) is 25.8. The molecule has 1 heterocycles. The third-order valence-electron chi connectivity index (χ3n) is 3.81. The van der Waals surface area contributed by atoms with Gasteiger partial charge in [0.15, 0.2) is 0 Å². The first kappa shape index (κ1) is 13.5. The van der Waals surface area contributed by atoms with E-state index in [0.29, 0.717) is 16.8 Å². The topological polar surface area (TPSA) is 37.4 Å². The molecule has 1 amide bonds. The lowest BCUT2D eigenvalue weighted by Gasteiger charge is -2.19. The minimum atomic E-state index is -0.592. The third kappa shape index (κ3) is 2.03. The fourth-order valence-electron chi connectivity index (χ4n) is 2.71. The van der Waals surface area contributed by atoms with E-state index in [1.165, 1.54) is 11.0 Å². The Balaban J connectivity index is 2.10. The number of nitrogens with zero attached hydrogens (tertiary/aromatic N) is 1. The van der Waals surface area contributed by atoms with Gasteiger partial charge in [0.1, 0.15) is 5.82 Å². The lowest BCUT2D eigenvalue weighted by Crippen LogP contribution is -2.29. The van der Waals surface area contributed by atoms with Gasteiger partial charge in [0.2, 0.25) is 0 Å². The Morgan fingerprint density at radius 3 is 2.38 bits per heavy atom. The van der Waals surface area contributed by atoms with E-state index < -0.39 is 11.7 Å². The second-order valence-corrected chi connectivity index (χ2v) is 5.23. The van der Waals surface area contributed by atoms with E-state index in [2.05, 4.69) is 0 Å². The van der Waals surface area contributed by atoms with Gasteiger partial charge in [0, 0.05) is 5.56 Å². The highest BCUT2D eigenvalue weighted by atomic mass is 19.1. The van der Waals surface area contributed by atoms with Gasteiger partial charge < -0.3 is 0 Å². The fourth-order valence-corrected chi connectivity index (χ4v) is 2.71. The number of anilines is 1. The van der Waals surface area contributed by atoms with Crippen LogP contribution in [0.3, 0.4) is 0 Å². The molecule has 21 heavy (non-hydrogen) atoms. The molecule has 0 unspecified atom stereocenters. The summed E-state index contributed by atoms with van der Waals surface area (Å²) in [7, 11) is 0. The maximum atomic E-state index is 13.8. The second kappa shape index (κ2) is 4.81. The number of carbonyl (C=O) groups is 2. The molecule has 0 spiro atoms. The van der Waals surface area contributed by atoms with E-state index in [1.807, 2.05) is 19.1 Å². The summed E-state index contributed by atoms with van der Waals surface area (Å²) >= 11 is 0. The Kier molecular flexibility index (Phi) is 3.09.